The van der Waals surface area contributed by atoms with Crippen LogP contribution in [0.1, 0.15) is 12.0 Å². The van der Waals surface area contributed by atoms with Gasteiger partial charge in [-0.25, -0.2) is 0 Å². The van der Waals surface area contributed by atoms with Gasteiger partial charge < -0.3 is 10.2 Å². The van der Waals surface area contributed by atoms with Gasteiger partial charge in [0.1, 0.15) is 6.54 Å². The van der Waals surface area contributed by atoms with Crippen molar-refractivity contribution in [1.29, 1.82) is 0 Å². The molecule has 8 heteroatoms. The zero-order chi connectivity index (χ0) is 15.7. The van der Waals surface area contributed by atoms with Crippen LogP contribution in [0, 0.1) is 0 Å². The van der Waals surface area contributed by atoms with Crippen molar-refractivity contribution >= 4 is 16.8 Å². The third-order valence-electron chi connectivity index (χ3n) is 3.73. The predicted molar refractivity (Wildman–Crippen MR) is 74.0 cm³/mol. The summed E-state index contributed by atoms with van der Waals surface area (Å²) >= 11 is 0. The Morgan fingerprint density at radius 1 is 1.41 bits per heavy atom. The number of aromatic amines is 1. The minimum atomic E-state index is -4.36. The van der Waals surface area contributed by atoms with Gasteiger partial charge in [-0.1, -0.05) is 18.2 Å². The molecule has 0 aliphatic carbocycles. The van der Waals surface area contributed by atoms with E-state index in [0.29, 0.717) is 6.54 Å². The molecule has 0 spiro atoms. The third-order valence-corrected chi connectivity index (χ3v) is 3.73. The molecule has 2 aromatic rings. The molecule has 1 aliphatic heterocycles. The van der Waals surface area contributed by atoms with Crippen LogP contribution in [-0.2, 0) is 11.3 Å². The fourth-order valence-electron chi connectivity index (χ4n) is 2.71. The molecule has 1 aromatic heterocycles. The second-order valence-corrected chi connectivity index (χ2v) is 5.42. The molecule has 1 amide bonds. The molecular formula is C14H15F3N4O. The van der Waals surface area contributed by atoms with Crippen molar-refractivity contribution in [2.75, 3.05) is 13.1 Å². The number of nitrogens with zero attached hydrogens (tertiary/aromatic N) is 2. The maximum absolute atomic E-state index is 12.4. The zero-order valence-electron chi connectivity index (χ0n) is 11.7. The van der Waals surface area contributed by atoms with E-state index in [9.17, 15) is 18.0 Å². The first kappa shape index (κ1) is 14.8. The number of fused-ring (bicyclic) bond motifs is 1. The molecular weight excluding hydrogens is 297 g/mol. The second-order valence-electron chi connectivity index (χ2n) is 5.42. The summed E-state index contributed by atoms with van der Waals surface area (Å²) in [6.07, 6.45) is -2.55. The van der Waals surface area contributed by atoms with Gasteiger partial charge in [0.25, 0.3) is 0 Å². The predicted octanol–water partition coefficient (Wildman–Crippen LogP) is 1.82. The van der Waals surface area contributed by atoms with Crippen LogP contribution in [-0.4, -0.2) is 46.3 Å². The summed E-state index contributed by atoms with van der Waals surface area (Å²) in [5.41, 5.74) is 1.86. The lowest BCUT2D eigenvalue weighted by atomic mass is 10.1. The lowest BCUT2D eigenvalue weighted by Crippen LogP contribution is -2.37. The van der Waals surface area contributed by atoms with E-state index in [1.807, 2.05) is 18.2 Å². The largest absolute Gasteiger partial charge is 0.406 e. The number of alkyl halides is 3. The van der Waals surface area contributed by atoms with E-state index in [0.717, 1.165) is 21.4 Å². The topological polar surface area (TPSA) is 61.0 Å². The first-order chi connectivity index (χ1) is 10.4. The Hall–Kier alpha value is -2.09. The van der Waals surface area contributed by atoms with Crippen LogP contribution in [0.25, 0.3) is 10.9 Å². The fraction of sp³-hybridized carbons (Fsp3) is 0.429. The number of carbonyl (C=O) groups is 1. The molecule has 0 saturated carbocycles. The molecule has 22 heavy (non-hydrogen) atoms. The van der Waals surface area contributed by atoms with Gasteiger partial charge in [0.05, 0.1) is 11.7 Å². The van der Waals surface area contributed by atoms with Crippen molar-refractivity contribution in [3.05, 3.63) is 30.0 Å². The van der Waals surface area contributed by atoms with Crippen molar-refractivity contribution in [1.82, 2.24) is 20.4 Å². The summed E-state index contributed by atoms with van der Waals surface area (Å²) in [5, 5.41) is 11.0. The number of para-hydroxylation sites is 1. The Kier molecular flexibility index (Phi) is 3.78. The highest BCUT2D eigenvalue weighted by atomic mass is 19.4. The maximum Gasteiger partial charge on any atom is 0.406 e. The van der Waals surface area contributed by atoms with Gasteiger partial charge in [0, 0.05) is 30.9 Å². The molecule has 1 fully saturated rings. The second kappa shape index (κ2) is 5.60. The number of carbonyl (C=O) groups excluding carboxylic acids is 1. The number of nitrogens with one attached hydrogen (secondary N) is 2. The molecule has 118 valence electrons. The minimum Gasteiger partial charge on any atom is -0.332 e. The van der Waals surface area contributed by atoms with Gasteiger partial charge in [-0.3, -0.25) is 9.89 Å². The molecule has 1 saturated heterocycles. The Labute approximate surface area is 124 Å². The van der Waals surface area contributed by atoms with Crippen molar-refractivity contribution in [2.45, 2.75) is 25.2 Å². The van der Waals surface area contributed by atoms with Crippen LogP contribution in [0.3, 0.4) is 0 Å². The maximum atomic E-state index is 12.4. The third kappa shape index (κ3) is 3.22. The van der Waals surface area contributed by atoms with Crippen molar-refractivity contribution in [3.63, 3.8) is 0 Å². The fourth-order valence-corrected chi connectivity index (χ4v) is 2.71. The van der Waals surface area contributed by atoms with Gasteiger partial charge >= 0.3 is 6.18 Å². The Bertz CT molecular complexity index is 682. The van der Waals surface area contributed by atoms with Gasteiger partial charge in [0.2, 0.25) is 5.91 Å². The Morgan fingerprint density at radius 3 is 3.00 bits per heavy atom. The lowest BCUT2D eigenvalue weighted by molar-refractivity contribution is -0.157. The smallest absolute Gasteiger partial charge is 0.332 e. The van der Waals surface area contributed by atoms with E-state index >= 15 is 0 Å². The Morgan fingerprint density at radius 2 is 2.23 bits per heavy atom. The van der Waals surface area contributed by atoms with Gasteiger partial charge in [0.15, 0.2) is 0 Å². The highest BCUT2D eigenvalue weighted by Gasteiger charge is 2.38. The summed E-state index contributed by atoms with van der Waals surface area (Å²) in [6, 6.07) is 5.46. The summed E-state index contributed by atoms with van der Waals surface area (Å²) < 4.78 is 37.1. The average Bonchev–Trinajstić information content (AvgIpc) is 3.02. The molecule has 1 unspecified atom stereocenters. The van der Waals surface area contributed by atoms with Crippen molar-refractivity contribution in [3.8, 4) is 0 Å². The first-order valence-corrected chi connectivity index (χ1v) is 6.91. The SMILES string of the molecule is O=C1CC(NCc2cccc3cn[nH]c23)CN1CC(F)(F)F. The first-order valence-electron chi connectivity index (χ1n) is 6.91. The summed E-state index contributed by atoms with van der Waals surface area (Å²) in [6.45, 7) is -0.630. The van der Waals surface area contributed by atoms with Crippen LogP contribution < -0.4 is 5.32 Å². The van der Waals surface area contributed by atoms with Crippen LogP contribution in [0.4, 0.5) is 13.2 Å². The monoisotopic (exact) mass is 312 g/mol. The summed E-state index contributed by atoms with van der Waals surface area (Å²) in [7, 11) is 0. The molecule has 1 atom stereocenters. The minimum absolute atomic E-state index is 0.0807. The van der Waals surface area contributed by atoms with Crippen LogP contribution in [0.15, 0.2) is 24.4 Å². The highest BCUT2D eigenvalue weighted by Crippen LogP contribution is 2.21. The van der Waals surface area contributed by atoms with Gasteiger partial charge in [-0.05, 0) is 5.56 Å². The molecule has 0 radical (unpaired) electrons. The number of benzene rings is 1. The van der Waals surface area contributed by atoms with E-state index in [4.69, 9.17) is 0 Å². The normalized spacial score (nSPS) is 19.3. The van der Waals surface area contributed by atoms with E-state index in [2.05, 4.69) is 15.5 Å². The number of H-pyrrole nitrogens is 1. The van der Waals surface area contributed by atoms with Crippen LogP contribution in [0.5, 0.6) is 0 Å². The lowest BCUT2D eigenvalue weighted by Gasteiger charge is -2.18. The molecule has 2 heterocycles. The van der Waals surface area contributed by atoms with Gasteiger partial charge in [-0.2, -0.15) is 18.3 Å². The van der Waals surface area contributed by atoms with Crippen LogP contribution >= 0.6 is 0 Å². The Balaban J connectivity index is 1.61. The molecule has 5 nitrogen and oxygen atoms in total. The quantitative estimate of drug-likeness (QED) is 0.905. The number of hydrogen-bond acceptors (Lipinski definition) is 3. The van der Waals surface area contributed by atoms with Crippen LogP contribution in [0.2, 0.25) is 0 Å². The standard InChI is InChI=1S/C14H15F3N4O/c15-14(16,17)8-21-7-11(4-12(21)22)18-5-9-2-1-3-10-6-19-20-13(9)10/h1-3,6,11,18H,4-5,7-8H2,(H,19,20). The molecule has 3 rings (SSSR count). The van der Waals surface area contributed by atoms with Crippen molar-refractivity contribution < 1.29 is 18.0 Å². The summed E-state index contributed by atoms with van der Waals surface area (Å²) in [5.74, 6) is -0.463. The number of likely N-dealkylation sites (tertiary alicyclic amines) is 1. The number of halogens is 3. The number of rotatable bonds is 4. The number of hydrogen-bond donors (Lipinski definition) is 2. The van der Waals surface area contributed by atoms with E-state index in [1.54, 1.807) is 6.20 Å². The molecule has 2 N–H and O–H groups in total. The highest BCUT2D eigenvalue weighted by molar-refractivity contribution is 5.81. The van der Waals surface area contributed by atoms with Crippen molar-refractivity contribution in [2.24, 2.45) is 0 Å². The van der Waals surface area contributed by atoms with Gasteiger partial charge in [-0.15, -0.1) is 0 Å². The zero-order valence-corrected chi connectivity index (χ0v) is 11.7. The summed E-state index contributed by atoms with van der Waals surface area (Å²) in [4.78, 5) is 12.5. The van der Waals surface area contributed by atoms with E-state index < -0.39 is 18.6 Å². The number of amides is 1. The number of aromatic nitrogens is 2. The molecule has 0 bridgehead atoms. The average molecular weight is 312 g/mol. The molecule has 1 aromatic carbocycles. The molecule has 1 aliphatic rings. The van der Waals surface area contributed by atoms with E-state index in [-0.39, 0.29) is 19.0 Å². The van der Waals surface area contributed by atoms with E-state index in [1.165, 1.54) is 0 Å².